The summed E-state index contributed by atoms with van der Waals surface area (Å²) >= 11 is 0. The van der Waals surface area contributed by atoms with E-state index >= 15 is 0 Å². The smallest absolute Gasteiger partial charge is 0.216 e. The Labute approximate surface area is 208 Å². The Morgan fingerprint density at radius 1 is 1.19 bits per heavy atom. The lowest BCUT2D eigenvalue weighted by Crippen LogP contribution is -2.20. The SMILES string of the molecule is CCn1c(-c2nonc2N)nc2c(C#CC(C)(C)O)nc(OCCNCc3ccc(OC)cc3)cc21. The van der Waals surface area contributed by atoms with Crippen molar-refractivity contribution >= 4 is 16.9 Å². The first-order chi connectivity index (χ1) is 17.3. The van der Waals surface area contributed by atoms with E-state index in [2.05, 4.69) is 37.4 Å². The Morgan fingerprint density at radius 2 is 1.97 bits per heavy atom. The number of pyridine rings is 1. The van der Waals surface area contributed by atoms with Gasteiger partial charge in [0.2, 0.25) is 5.88 Å². The Kier molecular flexibility index (Phi) is 7.38. The highest BCUT2D eigenvalue weighted by Crippen LogP contribution is 2.29. The summed E-state index contributed by atoms with van der Waals surface area (Å²) in [4.78, 5) is 9.24. The number of hydrogen-bond acceptors (Lipinski definition) is 10. The van der Waals surface area contributed by atoms with Crippen molar-refractivity contribution in [3.05, 3.63) is 41.6 Å². The molecule has 4 rings (SSSR count). The third kappa shape index (κ3) is 5.73. The van der Waals surface area contributed by atoms with Gasteiger partial charge in [0.25, 0.3) is 0 Å². The van der Waals surface area contributed by atoms with Crippen molar-refractivity contribution in [3.8, 4) is 35.0 Å². The molecule has 0 unspecified atom stereocenters. The summed E-state index contributed by atoms with van der Waals surface area (Å²) in [6.07, 6.45) is 0. The maximum atomic E-state index is 10.1. The Morgan fingerprint density at radius 3 is 2.61 bits per heavy atom. The number of ether oxygens (including phenoxy) is 2. The number of nitrogens with two attached hydrogens (primary N) is 1. The van der Waals surface area contributed by atoms with E-state index < -0.39 is 5.60 Å². The second-order valence-corrected chi connectivity index (χ2v) is 8.54. The summed E-state index contributed by atoms with van der Waals surface area (Å²) in [6.45, 7) is 7.44. The van der Waals surface area contributed by atoms with Crippen LogP contribution in [0.15, 0.2) is 35.0 Å². The molecule has 4 aromatic rings. The lowest BCUT2D eigenvalue weighted by molar-refractivity contribution is 0.143. The van der Waals surface area contributed by atoms with E-state index in [1.807, 2.05) is 35.8 Å². The van der Waals surface area contributed by atoms with Gasteiger partial charge >= 0.3 is 0 Å². The molecule has 0 saturated heterocycles. The molecule has 4 N–H and O–H groups in total. The molecule has 0 bridgehead atoms. The van der Waals surface area contributed by atoms with Crippen LogP contribution in [-0.2, 0) is 13.1 Å². The minimum Gasteiger partial charge on any atom is -0.497 e. The standard InChI is InChI=1S/C25H29N7O4/c1-5-32-19-14-20(35-13-12-27-15-16-6-8-17(34-4)9-7-16)28-18(10-11-25(2,3)33)21(19)29-24(32)22-23(26)31-36-30-22/h6-9,14,27,33H,5,12-13,15H2,1-4H3,(H2,26,31). The molecular weight excluding hydrogens is 462 g/mol. The lowest BCUT2D eigenvalue weighted by atomic mass is 10.1. The predicted molar refractivity (Wildman–Crippen MR) is 134 cm³/mol. The molecule has 1 aromatic carbocycles. The van der Waals surface area contributed by atoms with Gasteiger partial charge in [0.15, 0.2) is 17.3 Å². The molecule has 0 amide bonds. The molecular formula is C25H29N7O4. The fraction of sp³-hybridized carbons (Fsp3) is 0.360. The molecule has 3 aromatic heterocycles. The maximum absolute atomic E-state index is 10.1. The number of methoxy groups -OCH3 is 1. The molecule has 36 heavy (non-hydrogen) atoms. The Bertz CT molecular complexity index is 1390. The number of nitrogens with zero attached hydrogens (tertiary/aromatic N) is 5. The number of hydrogen-bond donors (Lipinski definition) is 3. The van der Waals surface area contributed by atoms with Gasteiger partial charge in [-0.05, 0) is 54.7 Å². The zero-order valence-corrected chi connectivity index (χ0v) is 20.7. The van der Waals surface area contributed by atoms with Gasteiger partial charge in [0, 0.05) is 25.7 Å². The van der Waals surface area contributed by atoms with Crippen molar-refractivity contribution in [3.63, 3.8) is 0 Å². The molecule has 11 heteroatoms. The zero-order valence-electron chi connectivity index (χ0n) is 20.7. The number of rotatable bonds is 9. The molecule has 0 aliphatic carbocycles. The van der Waals surface area contributed by atoms with Gasteiger partial charge in [-0.1, -0.05) is 18.1 Å². The summed E-state index contributed by atoms with van der Waals surface area (Å²) in [5.41, 5.74) is 7.84. The van der Waals surface area contributed by atoms with Gasteiger partial charge in [0.1, 0.15) is 29.2 Å². The maximum Gasteiger partial charge on any atom is 0.216 e. The van der Waals surface area contributed by atoms with Crippen molar-refractivity contribution in [2.45, 2.75) is 39.5 Å². The van der Waals surface area contributed by atoms with Gasteiger partial charge in [0.05, 0.1) is 12.6 Å². The lowest BCUT2D eigenvalue weighted by Gasteiger charge is -2.10. The average Bonchev–Trinajstić information content (AvgIpc) is 3.44. The van der Waals surface area contributed by atoms with Gasteiger partial charge < -0.3 is 30.2 Å². The van der Waals surface area contributed by atoms with E-state index in [0.717, 1.165) is 16.8 Å². The number of anilines is 1. The van der Waals surface area contributed by atoms with Gasteiger partial charge in [-0.3, -0.25) is 0 Å². The second-order valence-electron chi connectivity index (χ2n) is 8.54. The fourth-order valence-corrected chi connectivity index (χ4v) is 3.53. The number of fused-ring (bicyclic) bond motifs is 1. The Balaban J connectivity index is 1.57. The van der Waals surface area contributed by atoms with E-state index in [1.165, 1.54) is 0 Å². The van der Waals surface area contributed by atoms with E-state index in [4.69, 9.17) is 19.8 Å². The van der Waals surface area contributed by atoms with Crippen LogP contribution in [-0.4, -0.2) is 55.8 Å². The molecule has 11 nitrogen and oxygen atoms in total. The van der Waals surface area contributed by atoms with Crippen LogP contribution >= 0.6 is 0 Å². The molecule has 0 atom stereocenters. The number of aryl methyl sites for hydroxylation is 1. The molecule has 0 aliphatic rings. The first-order valence-corrected chi connectivity index (χ1v) is 11.5. The topological polar surface area (TPSA) is 146 Å². The molecule has 188 valence electrons. The molecule has 0 aliphatic heterocycles. The number of nitrogen functional groups attached to an aromatic ring is 1. The zero-order chi connectivity index (χ0) is 25.7. The van der Waals surface area contributed by atoms with Crippen molar-refractivity contribution in [1.29, 1.82) is 0 Å². The summed E-state index contributed by atoms with van der Waals surface area (Å²) in [5, 5.41) is 21.0. The van der Waals surface area contributed by atoms with Crippen LogP contribution < -0.4 is 20.5 Å². The van der Waals surface area contributed by atoms with Gasteiger partial charge in [-0.2, -0.15) is 0 Å². The van der Waals surface area contributed by atoms with E-state index in [0.29, 0.717) is 54.9 Å². The van der Waals surface area contributed by atoms with Crippen molar-refractivity contribution < 1.29 is 19.2 Å². The first-order valence-electron chi connectivity index (χ1n) is 11.5. The summed E-state index contributed by atoms with van der Waals surface area (Å²) in [5.74, 6) is 7.57. The normalized spacial score (nSPS) is 11.4. The van der Waals surface area contributed by atoms with Crippen LogP contribution in [0.1, 0.15) is 32.0 Å². The highest BCUT2D eigenvalue weighted by Gasteiger charge is 2.21. The van der Waals surface area contributed by atoms with Crippen molar-refractivity contribution in [1.82, 2.24) is 30.2 Å². The van der Waals surface area contributed by atoms with E-state index in [1.54, 1.807) is 27.0 Å². The highest BCUT2D eigenvalue weighted by atomic mass is 16.6. The third-order valence-electron chi connectivity index (χ3n) is 5.26. The van der Waals surface area contributed by atoms with Crippen LogP contribution in [0.5, 0.6) is 11.6 Å². The number of imidazole rings is 1. The highest BCUT2D eigenvalue weighted by molar-refractivity contribution is 5.86. The molecule has 0 saturated carbocycles. The summed E-state index contributed by atoms with van der Waals surface area (Å²) in [7, 11) is 1.65. The second kappa shape index (κ2) is 10.6. The van der Waals surface area contributed by atoms with Crippen LogP contribution in [0.2, 0.25) is 0 Å². The first kappa shape index (κ1) is 25.0. The van der Waals surface area contributed by atoms with Crippen LogP contribution in [0.25, 0.3) is 22.6 Å². The van der Waals surface area contributed by atoms with Crippen LogP contribution in [0, 0.1) is 11.8 Å². The number of benzene rings is 1. The largest absolute Gasteiger partial charge is 0.497 e. The van der Waals surface area contributed by atoms with Crippen LogP contribution in [0.3, 0.4) is 0 Å². The van der Waals surface area contributed by atoms with E-state index in [9.17, 15) is 5.11 Å². The van der Waals surface area contributed by atoms with E-state index in [-0.39, 0.29) is 5.82 Å². The minimum atomic E-state index is -1.20. The molecule has 3 heterocycles. The quantitative estimate of drug-likeness (QED) is 0.235. The molecule has 0 spiro atoms. The number of aliphatic hydroxyl groups is 1. The van der Waals surface area contributed by atoms with Gasteiger partial charge in [-0.15, -0.1) is 0 Å². The number of nitrogens with one attached hydrogen (secondary N) is 1. The fourth-order valence-electron chi connectivity index (χ4n) is 3.53. The Hall–Kier alpha value is -4.14. The van der Waals surface area contributed by atoms with Crippen molar-refractivity contribution in [2.24, 2.45) is 0 Å². The monoisotopic (exact) mass is 491 g/mol. The van der Waals surface area contributed by atoms with Crippen LogP contribution in [0.4, 0.5) is 5.82 Å². The number of aromatic nitrogens is 5. The third-order valence-corrected chi connectivity index (χ3v) is 5.26. The molecule has 0 radical (unpaired) electrons. The average molecular weight is 492 g/mol. The van der Waals surface area contributed by atoms with Crippen molar-refractivity contribution in [2.75, 3.05) is 26.0 Å². The predicted octanol–water partition coefficient (Wildman–Crippen LogP) is 2.38. The summed E-state index contributed by atoms with van der Waals surface area (Å²) < 4.78 is 17.8. The minimum absolute atomic E-state index is 0.136. The molecule has 0 fully saturated rings. The van der Waals surface area contributed by atoms with Gasteiger partial charge in [-0.25, -0.2) is 14.6 Å². The summed E-state index contributed by atoms with van der Waals surface area (Å²) in [6, 6.07) is 9.68.